The largest absolute Gasteiger partial charge is 0.417 e. The zero-order valence-electron chi connectivity index (χ0n) is 9.41. The number of rotatable bonds is 1. The van der Waals surface area contributed by atoms with Gasteiger partial charge in [0.1, 0.15) is 5.82 Å². The van der Waals surface area contributed by atoms with Crippen LogP contribution in [0.25, 0.3) is 0 Å². The molecule has 1 aromatic rings. The summed E-state index contributed by atoms with van der Waals surface area (Å²) in [6, 6.07) is 0.866. The summed E-state index contributed by atoms with van der Waals surface area (Å²) in [4.78, 5) is 5.47. The second-order valence-corrected chi connectivity index (χ2v) is 4.68. The number of halogens is 4. The highest BCUT2D eigenvalue weighted by atomic mass is 35.5. The molecule has 1 aromatic heterocycles. The van der Waals surface area contributed by atoms with Gasteiger partial charge in [0, 0.05) is 19.3 Å². The molecule has 0 amide bonds. The Labute approximate surface area is 107 Å². The highest BCUT2D eigenvalue weighted by Gasteiger charge is 2.32. The van der Waals surface area contributed by atoms with Crippen molar-refractivity contribution in [3.8, 4) is 0 Å². The zero-order chi connectivity index (χ0) is 13.3. The van der Waals surface area contributed by atoms with E-state index in [9.17, 15) is 18.3 Å². The van der Waals surface area contributed by atoms with Crippen LogP contribution in [0.5, 0.6) is 0 Å². The minimum atomic E-state index is -4.45. The van der Waals surface area contributed by atoms with Crippen LogP contribution in [0.3, 0.4) is 0 Å². The van der Waals surface area contributed by atoms with E-state index in [0.717, 1.165) is 18.7 Å². The van der Waals surface area contributed by atoms with Gasteiger partial charge < -0.3 is 10.0 Å². The van der Waals surface area contributed by atoms with E-state index in [0.29, 0.717) is 25.3 Å². The molecule has 0 unspecified atom stereocenters. The Bertz CT molecular complexity index is 439. The number of piperidine rings is 1. The van der Waals surface area contributed by atoms with E-state index in [1.54, 1.807) is 4.90 Å². The summed E-state index contributed by atoms with van der Waals surface area (Å²) < 4.78 is 37.4. The van der Waals surface area contributed by atoms with Crippen LogP contribution in [0.2, 0.25) is 5.02 Å². The Balaban J connectivity index is 2.24. The third kappa shape index (κ3) is 2.87. The molecule has 1 atom stereocenters. The molecule has 1 saturated heterocycles. The molecule has 1 fully saturated rings. The maximum absolute atomic E-state index is 12.5. The molecule has 100 valence electrons. The molecule has 0 spiro atoms. The standard InChI is InChI=1S/C11H12ClF3N2O/c12-9-4-7(11(13,14)15)5-16-10(9)17-3-1-2-8(18)6-17/h4-5,8,18H,1-3,6H2/t8-/m0/s1. The number of hydrogen-bond acceptors (Lipinski definition) is 3. The van der Waals surface area contributed by atoms with Crippen molar-refractivity contribution in [2.45, 2.75) is 25.1 Å². The fourth-order valence-corrected chi connectivity index (χ4v) is 2.25. The summed E-state index contributed by atoms with van der Waals surface area (Å²) in [6.07, 6.45) is -2.72. The SMILES string of the molecule is O[C@H]1CCCN(c2ncc(C(F)(F)F)cc2Cl)C1. The molecule has 0 aromatic carbocycles. The highest BCUT2D eigenvalue weighted by Crippen LogP contribution is 2.34. The Hall–Kier alpha value is -1.01. The van der Waals surface area contributed by atoms with Gasteiger partial charge in [0.25, 0.3) is 0 Å². The number of nitrogens with zero attached hydrogens (tertiary/aromatic N) is 2. The number of aromatic nitrogens is 1. The van der Waals surface area contributed by atoms with Crippen molar-refractivity contribution in [2.24, 2.45) is 0 Å². The first-order valence-electron chi connectivity index (χ1n) is 5.53. The Morgan fingerprint density at radius 2 is 2.17 bits per heavy atom. The van der Waals surface area contributed by atoms with Crippen molar-refractivity contribution in [1.82, 2.24) is 4.98 Å². The lowest BCUT2D eigenvalue weighted by Crippen LogP contribution is -2.38. The molecule has 0 saturated carbocycles. The summed E-state index contributed by atoms with van der Waals surface area (Å²) in [5.74, 6) is 0.295. The number of aliphatic hydroxyl groups excluding tert-OH is 1. The Morgan fingerprint density at radius 1 is 1.44 bits per heavy atom. The molecule has 2 rings (SSSR count). The van der Waals surface area contributed by atoms with E-state index in [-0.39, 0.29) is 5.02 Å². The van der Waals surface area contributed by atoms with Crippen molar-refractivity contribution in [1.29, 1.82) is 0 Å². The predicted molar refractivity (Wildman–Crippen MR) is 61.7 cm³/mol. The summed E-state index contributed by atoms with van der Waals surface area (Å²) in [5, 5.41) is 9.48. The van der Waals surface area contributed by atoms with Gasteiger partial charge >= 0.3 is 6.18 Å². The Kier molecular flexibility index (Phi) is 3.68. The number of anilines is 1. The average Bonchev–Trinajstić information content (AvgIpc) is 2.27. The van der Waals surface area contributed by atoms with Crippen LogP contribution >= 0.6 is 11.6 Å². The topological polar surface area (TPSA) is 36.4 Å². The van der Waals surface area contributed by atoms with Crippen molar-refractivity contribution >= 4 is 17.4 Å². The molecule has 1 N–H and O–H groups in total. The van der Waals surface area contributed by atoms with E-state index >= 15 is 0 Å². The van der Waals surface area contributed by atoms with Gasteiger partial charge in [-0.1, -0.05) is 11.6 Å². The van der Waals surface area contributed by atoms with E-state index < -0.39 is 17.8 Å². The van der Waals surface area contributed by atoms with Crippen molar-refractivity contribution in [2.75, 3.05) is 18.0 Å². The molecular weight excluding hydrogens is 269 g/mol. The lowest BCUT2D eigenvalue weighted by Gasteiger charge is -2.31. The van der Waals surface area contributed by atoms with Crippen molar-refractivity contribution < 1.29 is 18.3 Å². The number of alkyl halides is 3. The first-order chi connectivity index (χ1) is 8.38. The lowest BCUT2D eigenvalue weighted by molar-refractivity contribution is -0.137. The maximum atomic E-state index is 12.5. The minimum absolute atomic E-state index is 0.0427. The maximum Gasteiger partial charge on any atom is 0.417 e. The van der Waals surface area contributed by atoms with E-state index in [2.05, 4.69) is 4.98 Å². The van der Waals surface area contributed by atoms with Gasteiger partial charge in [-0.15, -0.1) is 0 Å². The molecule has 1 aliphatic rings. The molecule has 1 aliphatic heterocycles. The predicted octanol–water partition coefficient (Wildman–Crippen LogP) is 2.71. The van der Waals surface area contributed by atoms with E-state index in [4.69, 9.17) is 11.6 Å². The number of β-amino-alcohol motifs (C(OH)–C–C–N with tert-alkyl or cyclic N) is 1. The van der Waals surface area contributed by atoms with Crippen LogP contribution in [0.15, 0.2) is 12.3 Å². The van der Waals surface area contributed by atoms with Crippen LogP contribution in [-0.4, -0.2) is 29.3 Å². The fraction of sp³-hybridized carbons (Fsp3) is 0.545. The number of aliphatic hydroxyl groups is 1. The van der Waals surface area contributed by atoms with Crippen molar-refractivity contribution in [3.63, 3.8) is 0 Å². The molecule has 7 heteroatoms. The third-order valence-corrected chi connectivity index (χ3v) is 3.12. The van der Waals surface area contributed by atoms with E-state index in [1.165, 1.54) is 0 Å². The molecule has 0 aliphatic carbocycles. The van der Waals surface area contributed by atoms with Gasteiger partial charge in [-0.3, -0.25) is 0 Å². The summed E-state index contributed by atoms with van der Waals surface area (Å²) in [7, 11) is 0. The number of pyridine rings is 1. The van der Waals surface area contributed by atoms with Gasteiger partial charge in [0.05, 0.1) is 16.7 Å². The van der Waals surface area contributed by atoms with Gasteiger partial charge in [-0.2, -0.15) is 13.2 Å². The summed E-state index contributed by atoms with van der Waals surface area (Å²) >= 11 is 5.83. The lowest BCUT2D eigenvalue weighted by atomic mass is 10.1. The van der Waals surface area contributed by atoms with Crippen molar-refractivity contribution in [3.05, 3.63) is 22.8 Å². The van der Waals surface area contributed by atoms with E-state index in [1.807, 2.05) is 0 Å². The third-order valence-electron chi connectivity index (χ3n) is 2.85. The van der Waals surface area contributed by atoms with Crippen LogP contribution in [0, 0.1) is 0 Å². The average molecular weight is 281 g/mol. The summed E-state index contributed by atoms with van der Waals surface area (Å²) in [6.45, 7) is 0.979. The first-order valence-corrected chi connectivity index (χ1v) is 5.91. The van der Waals surface area contributed by atoms with Crippen LogP contribution < -0.4 is 4.90 Å². The van der Waals surface area contributed by atoms with Crippen LogP contribution in [-0.2, 0) is 6.18 Å². The summed E-state index contributed by atoms with van der Waals surface area (Å²) in [5.41, 5.74) is -0.867. The van der Waals surface area contributed by atoms with Crippen LogP contribution in [0.4, 0.5) is 19.0 Å². The molecule has 0 radical (unpaired) electrons. The first kappa shape index (κ1) is 13.4. The smallest absolute Gasteiger partial charge is 0.391 e. The molecule has 18 heavy (non-hydrogen) atoms. The highest BCUT2D eigenvalue weighted by molar-refractivity contribution is 6.33. The number of hydrogen-bond donors (Lipinski definition) is 1. The Morgan fingerprint density at radius 3 is 2.72 bits per heavy atom. The zero-order valence-corrected chi connectivity index (χ0v) is 10.2. The fourth-order valence-electron chi connectivity index (χ4n) is 1.97. The molecule has 3 nitrogen and oxygen atoms in total. The van der Waals surface area contributed by atoms with Gasteiger partial charge in [-0.05, 0) is 18.9 Å². The normalized spacial score (nSPS) is 21.2. The van der Waals surface area contributed by atoms with Gasteiger partial charge in [0.2, 0.25) is 0 Å². The van der Waals surface area contributed by atoms with Gasteiger partial charge in [0.15, 0.2) is 0 Å². The minimum Gasteiger partial charge on any atom is -0.391 e. The van der Waals surface area contributed by atoms with Gasteiger partial charge in [-0.25, -0.2) is 4.98 Å². The molecule has 0 bridgehead atoms. The second-order valence-electron chi connectivity index (χ2n) is 4.27. The second kappa shape index (κ2) is 4.93. The van der Waals surface area contributed by atoms with Crippen LogP contribution in [0.1, 0.15) is 18.4 Å². The monoisotopic (exact) mass is 280 g/mol. The molecular formula is C11H12ClF3N2O. The quantitative estimate of drug-likeness (QED) is 0.859. The molecule has 2 heterocycles.